The van der Waals surface area contributed by atoms with Crippen LogP contribution in [0.2, 0.25) is 0 Å². The molecule has 4 rings (SSSR count). The molecule has 2 heterocycles. The zero-order valence-electron chi connectivity index (χ0n) is 19.6. The van der Waals surface area contributed by atoms with E-state index in [4.69, 9.17) is 9.47 Å². The Balaban J connectivity index is 0.00000306. The van der Waals surface area contributed by atoms with Crippen LogP contribution < -0.4 is 20.3 Å². The summed E-state index contributed by atoms with van der Waals surface area (Å²) in [6.45, 7) is 6.23. The Kier molecular flexibility index (Phi) is 10.1. The van der Waals surface area contributed by atoms with Gasteiger partial charge in [0.25, 0.3) is 0 Å². The molecule has 180 valence electrons. The van der Waals surface area contributed by atoms with Crippen molar-refractivity contribution in [2.24, 2.45) is 4.99 Å². The van der Waals surface area contributed by atoms with Crippen LogP contribution in [-0.4, -0.2) is 77.0 Å². The molecule has 0 saturated carbocycles. The van der Waals surface area contributed by atoms with Gasteiger partial charge in [-0.25, -0.2) is 0 Å². The average molecular weight is 566 g/mol. The Morgan fingerprint density at radius 2 is 1.82 bits per heavy atom. The number of morpholine rings is 1. The monoisotopic (exact) mass is 565 g/mol. The van der Waals surface area contributed by atoms with E-state index in [9.17, 15) is 0 Å². The molecule has 7 nitrogen and oxygen atoms in total. The van der Waals surface area contributed by atoms with Gasteiger partial charge in [-0.05, 0) is 36.2 Å². The molecule has 2 aliphatic rings. The number of rotatable bonds is 7. The quantitative estimate of drug-likeness (QED) is 0.306. The summed E-state index contributed by atoms with van der Waals surface area (Å²) >= 11 is 0. The van der Waals surface area contributed by atoms with Gasteiger partial charge < -0.3 is 25.0 Å². The average Bonchev–Trinajstić information content (AvgIpc) is 3.33. The van der Waals surface area contributed by atoms with Gasteiger partial charge in [-0.3, -0.25) is 9.89 Å². The molecule has 8 heteroatoms. The van der Waals surface area contributed by atoms with E-state index in [2.05, 4.69) is 67.9 Å². The molecule has 2 aromatic rings. The van der Waals surface area contributed by atoms with Crippen LogP contribution in [0.15, 0.2) is 59.6 Å². The zero-order chi connectivity index (χ0) is 22.2. The molecule has 2 aliphatic heterocycles. The number of methoxy groups -OCH3 is 1. The van der Waals surface area contributed by atoms with E-state index >= 15 is 0 Å². The summed E-state index contributed by atoms with van der Waals surface area (Å²) in [5, 5.41) is 7.21. The summed E-state index contributed by atoms with van der Waals surface area (Å²) in [6, 6.07) is 19.6. The number of anilines is 1. The number of benzene rings is 2. The highest BCUT2D eigenvalue weighted by Crippen LogP contribution is 2.24. The van der Waals surface area contributed by atoms with E-state index in [1.807, 2.05) is 19.2 Å². The summed E-state index contributed by atoms with van der Waals surface area (Å²) in [7, 11) is 3.55. The molecule has 2 fully saturated rings. The fraction of sp³-hybridized carbons (Fsp3) is 0.480. The molecule has 0 spiro atoms. The van der Waals surface area contributed by atoms with Gasteiger partial charge in [0.1, 0.15) is 5.75 Å². The van der Waals surface area contributed by atoms with Gasteiger partial charge in [0, 0.05) is 51.5 Å². The van der Waals surface area contributed by atoms with Crippen LogP contribution in [0.25, 0.3) is 0 Å². The van der Waals surface area contributed by atoms with Gasteiger partial charge >= 0.3 is 0 Å². The maximum atomic E-state index is 5.58. The maximum Gasteiger partial charge on any atom is 0.191 e. The third-order valence-electron chi connectivity index (χ3n) is 6.32. The summed E-state index contributed by atoms with van der Waals surface area (Å²) in [6.07, 6.45) is 1.10. The Bertz CT molecular complexity index is 859. The summed E-state index contributed by atoms with van der Waals surface area (Å²) in [5.74, 6) is 1.74. The zero-order valence-corrected chi connectivity index (χ0v) is 21.9. The van der Waals surface area contributed by atoms with Crippen molar-refractivity contribution in [1.29, 1.82) is 0 Å². The van der Waals surface area contributed by atoms with Crippen molar-refractivity contribution in [2.45, 2.75) is 18.5 Å². The van der Waals surface area contributed by atoms with Crippen LogP contribution in [-0.2, 0) is 4.74 Å². The van der Waals surface area contributed by atoms with Crippen molar-refractivity contribution in [2.75, 3.05) is 65.0 Å². The molecule has 2 saturated heterocycles. The third kappa shape index (κ3) is 6.97. The van der Waals surface area contributed by atoms with Gasteiger partial charge in [-0.15, -0.1) is 24.0 Å². The Morgan fingerprint density at radius 1 is 1.09 bits per heavy atom. The molecule has 0 bridgehead atoms. The van der Waals surface area contributed by atoms with Gasteiger partial charge in [0.2, 0.25) is 0 Å². The van der Waals surface area contributed by atoms with Gasteiger partial charge in [-0.1, -0.05) is 30.3 Å². The lowest BCUT2D eigenvalue weighted by molar-refractivity contribution is 0.0170. The molecular formula is C25H36IN5O2. The number of nitrogens with one attached hydrogen (secondary N) is 2. The molecular weight excluding hydrogens is 529 g/mol. The molecule has 2 atom stereocenters. The maximum absolute atomic E-state index is 5.58. The minimum atomic E-state index is 0. The lowest BCUT2D eigenvalue weighted by Crippen LogP contribution is -2.48. The van der Waals surface area contributed by atoms with E-state index in [0.717, 1.165) is 64.1 Å². The van der Waals surface area contributed by atoms with Crippen LogP contribution in [0, 0.1) is 0 Å². The van der Waals surface area contributed by atoms with Crippen molar-refractivity contribution >= 4 is 35.6 Å². The topological polar surface area (TPSA) is 61.4 Å². The number of nitrogens with zero attached hydrogens (tertiary/aromatic N) is 3. The molecule has 33 heavy (non-hydrogen) atoms. The lowest BCUT2D eigenvalue weighted by Gasteiger charge is -2.35. The first-order valence-electron chi connectivity index (χ1n) is 11.5. The molecule has 2 N–H and O–H groups in total. The number of halogens is 1. The fourth-order valence-electron chi connectivity index (χ4n) is 4.51. The number of aliphatic imine (C=N–C) groups is 1. The number of guanidine groups is 1. The first-order chi connectivity index (χ1) is 15.8. The molecule has 0 aromatic heterocycles. The Hall–Kier alpha value is -2.04. The summed E-state index contributed by atoms with van der Waals surface area (Å²) in [4.78, 5) is 9.41. The first kappa shape index (κ1) is 25.6. The SMILES string of the molecule is CN=C(NCC(c1ccc(OC)cc1)N1CCOCC1)NC1CCN(c2ccccc2)C1.I. The van der Waals surface area contributed by atoms with E-state index < -0.39 is 0 Å². The van der Waals surface area contributed by atoms with Crippen molar-refractivity contribution in [3.05, 3.63) is 60.2 Å². The van der Waals surface area contributed by atoms with Crippen molar-refractivity contribution in [1.82, 2.24) is 15.5 Å². The second kappa shape index (κ2) is 13.0. The second-order valence-electron chi connectivity index (χ2n) is 8.30. The van der Waals surface area contributed by atoms with Crippen LogP contribution in [0.4, 0.5) is 5.69 Å². The minimum Gasteiger partial charge on any atom is -0.497 e. The minimum absolute atomic E-state index is 0. The lowest BCUT2D eigenvalue weighted by atomic mass is 10.0. The van der Waals surface area contributed by atoms with Gasteiger partial charge in [0.05, 0.1) is 26.4 Å². The number of hydrogen-bond acceptors (Lipinski definition) is 5. The van der Waals surface area contributed by atoms with Crippen LogP contribution in [0.1, 0.15) is 18.0 Å². The molecule has 2 aromatic carbocycles. The fourth-order valence-corrected chi connectivity index (χ4v) is 4.51. The predicted molar refractivity (Wildman–Crippen MR) is 145 cm³/mol. The standard InChI is InChI=1S/C25H35N5O2.HI/c1-26-25(28-21-12-13-30(19-21)22-6-4-3-5-7-22)27-18-24(29-14-16-32-17-15-29)20-8-10-23(31-2)11-9-20;/h3-11,21,24H,12-19H2,1-2H3,(H2,26,27,28);1H. The van der Waals surface area contributed by atoms with Crippen LogP contribution in [0.5, 0.6) is 5.75 Å². The predicted octanol–water partition coefficient (Wildman–Crippen LogP) is 3.13. The van der Waals surface area contributed by atoms with E-state index in [1.165, 1.54) is 11.3 Å². The molecule has 2 unspecified atom stereocenters. The van der Waals surface area contributed by atoms with Crippen LogP contribution >= 0.6 is 24.0 Å². The molecule has 0 amide bonds. The van der Waals surface area contributed by atoms with Crippen LogP contribution in [0.3, 0.4) is 0 Å². The largest absolute Gasteiger partial charge is 0.497 e. The Labute approximate surface area is 214 Å². The van der Waals surface area contributed by atoms with E-state index in [1.54, 1.807) is 7.11 Å². The van der Waals surface area contributed by atoms with E-state index in [-0.39, 0.29) is 30.0 Å². The molecule has 0 radical (unpaired) electrons. The second-order valence-corrected chi connectivity index (χ2v) is 8.30. The third-order valence-corrected chi connectivity index (χ3v) is 6.32. The number of ether oxygens (including phenoxy) is 2. The van der Waals surface area contributed by atoms with Gasteiger partial charge in [-0.2, -0.15) is 0 Å². The van der Waals surface area contributed by atoms with Crippen molar-refractivity contribution < 1.29 is 9.47 Å². The summed E-state index contributed by atoms with van der Waals surface area (Å²) < 4.78 is 10.9. The molecule has 0 aliphatic carbocycles. The van der Waals surface area contributed by atoms with Crippen molar-refractivity contribution in [3.8, 4) is 5.75 Å². The smallest absolute Gasteiger partial charge is 0.191 e. The number of hydrogen-bond donors (Lipinski definition) is 2. The van der Waals surface area contributed by atoms with E-state index in [0.29, 0.717) is 6.04 Å². The van der Waals surface area contributed by atoms with Gasteiger partial charge in [0.15, 0.2) is 5.96 Å². The highest BCUT2D eigenvalue weighted by molar-refractivity contribution is 14.0. The highest BCUT2D eigenvalue weighted by Gasteiger charge is 2.25. The summed E-state index contributed by atoms with van der Waals surface area (Å²) in [5.41, 5.74) is 2.55. The highest BCUT2D eigenvalue weighted by atomic mass is 127. The van der Waals surface area contributed by atoms with Crippen molar-refractivity contribution in [3.63, 3.8) is 0 Å². The normalized spacial score (nSPS) is 20.1. The Morgan fingerprint density at radius 3 is 2.48 bits per heavy atom. The number of para-hydroxylation sites is 1. The first-order valence-corrected chi connectivity index (χ1v) is 11.5.